The average Bonchev–Trinajstić information content (AvgIpc) is 3.14. The number of fused-ring (bicyclic) bond motifs is 1. The lowest BCUT2D eigenvalue weighted by molar-refractivity contribution is -0.136. The van der Waals surface area contributed by atoms with Gasteiger partial charge in [0.1, 0.15) is 6.04 Å². The topological polar surface area (TPSA) is 88.1 Å². The highest BCUT2D eigenvalue weighted by atomic mass is 16.7. The summed E-state index contributed by atoms with van der Waals surface area (Å²) < 4.78 is 10.5. The number of nitrogens with one attached hydrogen (secondary N) is 1. The number of aliphatic hydroxyl groups is 1. The smallest absolute Gasteiger partial charge is 0.247 e. The van der Waals surface area contributed by atoms with E-state index in [0.717, 1.165) is 11.1 Å². The predicted octanol–water partition coefficient (Wildman–Crippen LogP) is 1.09. The van der Waals surface area contributed by atoms with Crippen LogP contribution in [0.4, 0.5) is 0 Å². The van der Waals surface area contributed by atoms with Gasteiger partial charge in [0.15, 0.2) is 11.5 Å². The van der Waals surface area contributed by atoms with Gasteiger partial charge >= 0.3 is 0 Å². The van der Waals surface area contributed by atoms with Crippen molar-refractivity contribution < 1.29 is 24.2 Å². The van der Waals surface area contributed by atoms with Gasteiger partial charge in [-0.15, -0.1) is 0 Å². The summed E-state index contributed by atoms with van der Waals surface area (Å²) in [5, 5.41) is 12.2. The fraction of sp³-hybridized carbons (Fsp3) is 0.300. The third kappa shape index (κ3) is 4.77. The van der Waals surface area contributed by atoms with Gasteiger partial charge in [0, 0.05) is 13.6 Å². The summed E-state index contributed by atoms with van der Waals surface area (Å²) >= 11 is 0. The molecular formula is C20H22N2O5. The maximum atomic E-state index is 12.5. The van der Waals surface area contributed by atoms with E-state index >= 15 is 0 Å². The Morgan fingerprint density at radius 3 is 2.59 bits per heavy atom. The second kappa shape index (κ2) is 8.55. The quantitative estimate of drug-likeness (QED) is 0.762. The van der Waals surface area contributed by atoms with Crippen LogP contribution in [0.2, 0.25) is 0 Å². The Balaban J connectivity index is 1.56. The van der Waals surface area contributed by atoms with Crippen LogP contribution in [-0.2, 0) is 22.6 Å². The van der Waals surface area contributed by atoms with Crippen LogP contribution < -0.4 is 14.8 Å². The largest absolute Gasteiger partial charge is 0.454 e. The number of hydrogen-bond donors (Lipinski definition) is 2. The Morgan fingerprint density at radius 1 is 1.11 bits per heavy atom. The minimum Gasteiger partial charge on any atom is -0.454 e. The molecular weight excluding hydrogens is 348 g/mol. The van der Waals surface area contributed by atoms with Crippen LogP contribution in [0.5, 0.6) is 11.5 Å². The van der Waals surface area contributed by atoms with Crippen molar-refractivity contribution >= 4 is 11.8 Å². The van der Waals surface area contributed by atoms with E-state index in [1.54, 1.807) is 25.2 Å². The van der Waals surface area contributed by atoms with Crippen LogP contribution in [0.1, 0.15) is 11.1 Å². The van der Waals surface area contributed by atoms with Gasteiger partial charge in [-0.1, -0.05) is 36.4 Å². The van der Waals surface area contributed by atoms with Crippen molar-refractivity contribution in [2.24, 2.45) is 0 Å². The molecule has 2 N–H and O–H groups in total. The molecule has 3 rings (SSSR count). The van der Waals surface area contributed by atoms with Crippen molar-refractivity contribution in [1.29, 1.82) is 0 Å². The van der Waals surface area contributed by atoms with E-state index in [1.165, 1.54) is 4.90 Å². The molecule has 0 saturated carbocycles. The normalized spacial score (nSPS) is 13.1. The number of nitrogens with zero attached hydrogens (tertiary/aromatic N) is 1. The molecule has 0 radical (unpaired) electrons. The van der Waals surface area contributed by atoms with Gasteiger partial charge in [0.2, 0.25) is 18.6 Å². The Kier molecular flexibility index (Phi) is 5.93. The molecule has 0 aliphatic carbocycles. The van der Waals surface area contributed by atoms with Crippen LogP contribution in [0.15, 0.2) is 48.5 Å². The van der Waals surface area contributed by atoms with Gasteiger partial charge in [-0.05, 0) is 23.3 Å². The zero-order chi connectivity index (χ0) is 19.2. The number of rotatable bonds is 7. The highest BCUT2D eigenvalue weighted by Crippen LogP contribution is 2.32. The van der Waals surface area contributed by atoms with Crippen LogP contribution >= 0.6 is 0 Å². The summed E-state index contributed by atoms with van der Waals surface area (Å²) in [6, 6.07) is 13.8. The zero-order valence-electron chi connectivity index (χ0n) is 15.1. The van der Waals surface area contributed by atoms with Crippen LogP contribution in [0.25, 0.3) is 0 Å². The molecule has 0 spiro atoms. The van der Waals surface area contributed by atoms with Crippen LogP contribution in [-0.4, -0.2) is 48.3 Å². The Labute approximate surface area is 157 Å². The van der Waals surface area contributed by atoms with Crippen molar-refractivity contribution in [2.45, 2.75) is 19.0 Å². The number of benzene rings is 2. The highest BCUT2D eigenvalue weighted by molar-refractivity contribution is 5.88. The lowest BCUT2D eigenvalue weighted by Crippen LogP contribution is -2.49. The molecule has 142 valence electrons. The first kappa shape index (κ1) is 18.7. The van der Waals surface area contributed by atoms with Crippen LogP contribution in [0, 0.1) is 0 Å². The Bertz CT molecular complexity index is 809. The second-order valence-electron chi connectivity index (χ2n) is 6.35. The maximum absolute atomic E-state index is 12.5. The van der Waals surface area contributed by atoms with Gasteiger partial charge in [-0.3, -0.25) is 9.59 Å². The number of hydrogen-bond acceptors (Lipinski definition) is 5. The monoisotopic (exact) mass is 370 g/mol. The van der Waals surface area contributed by atoms with Crippen molar-refractivity contribution in [3.05, 3.63) is 59.7 Å². The lowest BCUT2D eigenvalue weighted by Gasteiger charge is -2.23. The van der Waals surface area contributed by atoms with Crippen molar-refractivity contribution in [2.75, 3.05) is 20.4 Å². The van der Waals surface area contributed by atoms with Gasteiger partial charge < -0.3 is 24.8 Å². The molecule has 0 saturated heterocycles. The molecule has 7 nitrogen and oxygen atoms in total. The van der Waals surface area contributed by atoms with E-state index in [9.17, 15) is 14.7 Å². The number of carbonyl (C=O) groups is 2. The number of ether oxygens (including phenoxy) is 2. The summed E-state index contributed by atoms with van der Waals surface area (Å²) in [5.74, 6) is 0.539. The van der Waals surface area contributed by atoms with E-state index in [2.05, 4.69) is 5.32 Å². The fourth-order valence-electron chi connectivity index (χ4n) is 2.87. The van der Waals surface area contributed by atoms with Gasteiger partial charge in [0.25, 0.3) is 0 Å². The molecule has 27 heavy (non-hydrogen) atoms. The van der Waals surface area contributed by atoms with E-state index in [4.69, 9.17) is 9.47 Å². The zero-order valence-corrected chi connectivity index (χ0v) is 15.1. The Morgan fingerprint density at radius 2 is 1.85 bits per heavy atom. The van der Waals surface area contributed by atoms with Crippen LogP contribution in [0.3, 0.4) is 0 Å². The maximum Gasteiger partial charge on any atom is 0.247 e. The summed E-state index contributed by atoms with van der Waals surface area (Å²) in [4.78, 5) is 26.3. The number of amides is 2. The fourth-order valence-corrected chi connectivity index (χ4v) is 2.87. The molecule has 0 fully saturated rings. The molecule has 7 heteroatoms. The van der Waals surface area contributed by atoms with Gasteiger partial charge in [0.05, 0.1) is 13.0 Å². The molecule has 1 unspecified atom stereocenters. The number of aliphatic hydroxyl groups excluding tert-OH is 1. The SMILES string of the molecule is CN(Cc1ccccc1)C(=O)C(CO)NC(=O)Cc1ccc2c(c1)OCO2. The summed E-state index contributed by atoms with van der Waals surface area (Å²) in [7, 11) is 1.64. The summed E-state index contributed by atoms with van der Waals surface area (Å²) in [6.45, 7) is 0.0961. The van der Waals surface area contributed by atoms with Crippen molar-refractivity contribution in [3.63, 3.8) is 0 Å². The van der Waals surface area contributed by atoms with Crippen molar-refractivity contribution in [1.82, 2.24) is 10.2 Å². The number of carbonyl (C=O) groups excluding carboxylic acids is 2. The molecule has 0 bridgehead atoms. The second-order valence-corrected chi connectivity index (χ2v) is 6.35. The Hall–Kier alpha value is -3.06. The summed E-state index contributed by atoms with van der Waals surface area (Å²) in [5.41, 5.74) is 1.70. The van der Waals surface area contributed by atoms with Gasteiger partial charge in [-0.25, -0.2) is 0 Å². The molecule has 1 aliphatic rings. The van der Waals surface area contributed by atoms with E-state index in [-0.39, 0.29) is 25.0 Å². The molecule has 2 aromatic carbocycles. The first-order chi connectivity index (χ1) is 13.1. The molecule has 1 aliphatic heterocycles. The standard InChI is InChI=1S/C20H22N2O5/c1-22(11-14-5-3-2-4-6-14)20(25)16(12-23)21-19(24)10-15-7-8-17-18(9-15)27-13-26-17/h2-9,16,23H,10-13H2,1H3,(H,21,24). The third-order valence-corrected chi connectivity index (χ3v) is 4.26. The van der Waals surface area contributed by atoms with E-state index < -0.39 is 12.6 Å². The highest BCUT2D eigenvalue weighted by Gasteiger charge is 2.24. The first-order valence-electron chi connectivity index (χ1n) is 8.64. The summed E-state index contributed by atoms with van der Waals surface area (Å²) in [6.07, 6.45) is 0.0722. The molecule has 0 aromatic heterocycles. The first-order valence-corrected chi connectivity index (χ1v) is 8.64. The van der Waals surface area contributed by atoms with E-state index in [1.807, 2.05) is 30.3 Å². The molecule has 2 aromatic rings. The minimum atomic E-state index is -0.986. The van der Waals surface area contributed by atoms with E-state index in [0.29, 0.717) is 18.0 Å². The minimum absolute atomic E-state index is 0.0722. The van der Waals surface area contributed by atoms with Gasteiger partial charge in [-0.2, -0.15) is 0 Å². The van der Waals surface area contributed by atoms with Crippen molar-refractivity contribution in [3.8, 4) is 11.5 Å². The third-order valence-electron chi connectivity index (χ3n) is 4.26. The molecule has 2 amide bonds. The predicted molar refractivity (Wildman–Crippen MR) is 98.2 cm³/mol. The number of likely N-dealkylation sites (N-methyl/N-ethyl adjacent to an activating group) is 1. The lowest BCUT2D eigenvalue weighted by atomic mass is 10.1. The molecule has 1 heterocycles. The average molecular weight is 370 g/mol. The molecule has 1 atom stereocenters.